The Bertz CT molecular complexity index is 1040. The lowest BCUT2D eigenvalue weighted by Gasteiger charge is -2.20. The number of ether oxygens (including phenoxy) is 1. The lowest BCUT2D eigenvalue weighted by molar-refractivity contribution is 0.0974. The van der Waals surface area contributed by atoms with Crippen LogP contribution in [-0.4, -0.2) is 63.4 Å². The SMILES string of the molecule is [B]c1ccc(OC)c(CCc2c(F)cccc2C(=O)NC(=NC(C)CCCN(CC)CC)NC(C)C)c1. The Hall–Kier alpha value is -2.87. The molecule has 2 radical (unpaired) electrons. The van der Waals surface area contributed by atoms with Gasteiger partial charge in [0.15, 0.2) is 5.96 Å². The summed E-state index contributed by atoms with van der Waals surface area (Å²) < 4.78 is 20.3. The average molecular weight is 508 g/mol. The van der Waals surface area contributed by atoms with E-state index >= 15 is 0 Å². The van der Waals surface area contributed by atoms with Crippen molar-refractivity contribution >= 4 is 25.2 Å². The Balaban J connectivity index is 2.18. The van der Waals surface area contributed by atoms with E-state index in [4.69, 9.17) is 17.6 Å². The van der Waals surface area contributed by atoms with Gasteiger partial charge in [-0.15, -0.1) is 0 Å². The normalized spacial score (nSPS) is 12.6. The first-order valence-electron chi connectivity index (χ1n) is 13.3. The molecule has 0 heterocycles. The molecule has 37 heavy (non-hydrogen) atoms. The van der Waals surface area contributed by atoms with Gasteiger partial charge in [-0.05, 0) is 89.9 Å². The summed E-state index contributed by atoms with van der Waals surface area (Å²) >= 11 is 0. The van der Waals surface area contributed by atoms with Crippen LogP contribution in [-0.2, 0) is 12.8 Å². The van der Waals surface area contributed by atoms with E-state index in [1.807, 2.05) is 26.8 Å². The number of hydrogen-bond acceptors (Lipinski definition) is 4. The zero-order valence-corrected chi connectivity index (χ0v) is 23.2. The number of halogens is 1. The van der Waals surface area contributed by atoms with Crippen LogP contribution < -0.4 is 20.8 Å². The monoisotopic (exact) mass is 508 g/mol. The molecular weight excluding hydrogens is 466 g/mol. The summed E-state index contributed by atoms with van der Waals surface area (Å²) in [5.74, 6) is 0.275. The highest BCUT2D eigenvalue weighted by molar-refractivity contribution is 6.32. The van der Waals surface area contributed by atoms with Crippen molar-refractivity contribution in [3.8, 4) is 5.75 Å². The van der Waals surface area contributed by atoms with Crippen molar-refractivity contribution in [3.05, 3.63) is 58.9 Å². The summed E-state index contributed by atoms with van der Waals surface area (Å²) in [5.41, 5.74) is 2.10. The van der Waals surface area contributed by atoms with Crippen molar-refractivity contribution in [2.24, 2.45) is 4.99 Å². The number of nitrogens with one attached hydrogen (secondary N) is 2. The minimum atomic E-state index is -0.421. The van der Waals surface area contributed by atoms with Gasteiger partial charge in [-0.1, -0.05) is 37.5 Å². The molecule has 8 heteroatoms. The van der Waals surface area contributed by atoms with E-state index < -0.39 is 11.7 Å². The van der Waals surface area contributed by atoms with E-state index in [0.717, 1.165) is 38.0 Å². The minimum Gasteiger partial charge on any atom is -0.496 e. The van der Waals surface area contributed by atoms with Gasteiger partial charge < -0.3 is 15.0 Å². The largest absolute Gasteiger partial charge is 0.496 e. The summed E-state index contributed by atoms with van der Waals surface area (Å²) in [6.45, 7) is 13.4. The third-order valence-electron chi connectivity index (χ3n) is 6.31. The standard InChI is InChI=1S/C29H42BFN4O2/c1-7-35(8-2)18-10-11-21(5)33-29(32-20(3)4)34-28(36)25-12-9-13-26(31)24(25)16-14-22-19-23(30)15-17-27(22)37-6/h9,12-13,15,17,19-21H,7-8,10-11,14,16,18H2,1-6H3,(H2,32,33,34,36). The maximum Gasteiger partial charge on any atom is 0.258 e. The second-order valence-electron chi connectivity index (χ2n) is 9.59. The molecule has 1 unspecified atom stereocenters. The van der Waals surface area contributed by atoms with Gasteiger partial charge in [-0.2, -0.15) is 0 Å². The molecule has 0 aromatic heterocycles. The molecule has 1 atom stereocenters. The smallest absolute Gasteiger partial charge is 0.258 e. The molecule has 1 amide bonds. The first-order chi connectivity index (χ1) is 17.7. The zero-order valence-electron chi connectivity index (χ0n) is 23.2. The summed E-state index contributed by atoms with van der Waals surface area (Å²) in [7, 11) is 7.52. The van der Waals surface area contributed by atoms with E-state index in [-0.39, 0.29) is 17.6 Å². The molecule has 0 saturated carbocycles. The molecule has 2 rings (SSSR count). The minimum absolute atomic E-state index is 0.0279. The van der Waals surface area contributed by atoms with Gasteiger partial charge in [-0.25, -0.2) is 9.38 Å². The fourth-order valence-electron chi connectivity index (χ4n) is 4.27. The predicted molar refractivity (Wildman–Crippen MR) is 152 cm³/mol. The second kappa shape index (κ2) is 15.4. The van der Waals surface area contributed by atoms with Crippen molar-refractivity contribution in [2.75, 3.05) is 26.7 Å². The molecule has 0 fully saturated rings. The summed E-state index contributed by atoms with van der Waals surface area (Å²) in [4.78, 5) is 20.4. The van der Waals surface area contributed by atoms with Crippen molar-refractivity contribution in [3.63, 3.8) is 0 Å². The van der Waals surface area contributed by atoms with Gasteiger partial charge in [0.2, 0.25) is 0 Å². The van der Waals surface area contributed by atoms with Crippen molar-refractivity contribution in [1.82, 2.24) is 15.5 Å². The van der Waals surface area contributed by atoms with Gasteiger partial charge in [0.1, 0.15) is 19.4 Å². The topological polar surface area (TPSA) is 66.0 Å². The van der Waals surface area contributed by atoms with Crippen LogP contribution in [0.3, 0.4) is 0 Å². The number of rotatable bonds is 13. The molecule has 2 aromatic carbocycles. The predicted octanol–water partition coefficient (Wildman–Crippen LogP) is 4.01. The fourth-order valence-corrected chi connectivity index (χ4v) is 4.27. The van der Waals surface area contributed by atoms with Crippen LogP contribution in [0.15, 0.2) is 41.4 Å². The van der Waals surface area contributed by atoms with Crippen LogP contribution in [0.5, 0.6) is 5.75 Å². The van der Waals surface area contributed by atoms with Crippen molar-refractivity contribution in [1.29, 1.82) is 0 Å². The fraction of sp³-hybridized carbons (Fsp3) is 0.517. The number of carbonyl (C=O) groups excluding carboxylic acids is 1. The first kappa shape index (κ1) is 30.4. The lowest BCUT2D eigenvalue weighted by Crippen LogP contribution is -2.45. The Labute approximate surface area is 223 Å². The highest BCUT2D eigenvalue weighted by Crippen LogP contribution is 2.21. The summed E-state index contributed by atoms with van der Waals surface area (Å²) in [5, 5.41) is 6.12. The average Bonchev–Trinajstić information content (AvgIpc) is 2.85. The molecular formula is C29H42BFN4O2. The van der Waals surface area contributed by atoms with Crippen LogP contribution in [0, 0.1) is 5.82 Å². The van der Waals surface area contributed by atoms with Crippen LogP contribution in [0.25, 0.3) is 0 Å². The Morgan fingerprint density at radius 1 is 1.14 bits per heavy atom. The maximum absolute atomic E-state index is 14.9. The first-order valence-corrected chi connectivity index (χ1v) is 13.3. The van der Waals surface area contributed by atoms with Gasteiger partial charge in [0, 0.05) is 17.2 Å². The molecule has 0 aliphatic rings. The number of methoxy groups -OCH3 is 1. The third-order valence-corrected chi connectivity index (χ3v) is 6.31. The Morgan fingerprint density at radius 2 is 1.86 bits per heavy atom. The van der Waals surface area contributed by atoms with Crippen molar-refractivity contribution < 1.29 is 13.9 Å². The third kappa shape index (κ3) is 9.84. The number of benzene rings is 2. The van der Waals surface area contributed by atoms with Crippen molar-refractivity contribution in [2.45, 2.75) is 72.4 Å². The molecule has 0 spiro atoms. The van der Waals surface area contributed by atoms with Crippen LogP contribution in [0.2, 0.25) is 0 Å². The number of carbonyl (C=O) groups is 1. The number of amides is 1. The number of guanidine groups is 1. The quantitative estimate of drug-likeness (QED) is 0.244. The van der Waals surface area contributed by atoms with Gasteiger partial charge in [0.05, 0.1) is 13.2 Å². The summed E-state index contributed by atoms with van der Waals surface area (Å²) in [6, 6.07) is 10.0. The van der Waals surface area contributed by atoms with Gasteiger partial charge in [-0.3, -0.25) is 10.1 Å². The van der Waals surface area contributed by atoms with E-state index in [9.17, 15) is 9.18 Å². The van der Waals surface area contributed by atoms with Crippen LogP contribution in [0.4, 0.5) is 4.39 Å². The molecule has 0 bridgehead atoms. The summed E-state index contributed by atoms with van der Waals surface area (Å²) in [6.07, 6.45) is 2.73. The van der Waals surface area contributed by atoms with Crippen LogP contribution >= 0.6 is 0 Å². The van der Waals surface area contributed by atoms with E-state index in [1.54, 1.807) is 31.4 Å². The number of hydrogen-bond donors (Lipinski definition) is 2. The lowest BCUT2D eigenvalue weighted by atomic mass is 9.91. The number of nitrogens with zero attached hydrogens (tertiary/aromatic N) is 2. The van der Waals surface area contributed by atoms with E-state index in [2.05, 4.69) is 29.4 Å². The van der Waals surface area contributed by atoms with E-state index in [1.165, 1.54) is 6.07 Å². The molecule has 0 saturated heterocycles. The molecule has 2 N–H and O–H groups in total. The highest BCUT2D eigenvalue weighted by atomic mass is 19.1. The van der Waals surface area contributed by atoms with E-state index in [0.29, 0.717) is 35.6 Å². The molecule has 200 valence electrons. The van der Waals surface area contributed by atoms with Gasteiger partial charge in [0.25, 0.3) is 5.91 Å². The Kier molecular flexibility index (Phi) is 12.6. The number of aliphatic imine (C=N–C) groups is 1. The zero-order chi connectivity index (χ0) is 27.4. The Morgan fingerprint density at radius 3 is 2.51 bits per heavy atom. The molecule has 0 aliphatic heterocycles. The van der Waals surface area contributed by atoms with Gasteiger partial charge >= 0.3 is 0 Å². The van der Waals surface area contributed by atoms with Crippen LogP contribution in [0.1, 0.15) is 68.9 Å². The maximum atomic E-state index is 14.9. The second-order valence-corrected chi connectivity index (χ2v) is 9.59. The highest BCUT2D eigenvalue weighted by Gasteiger charge is 2.18. The molecule has 0 aliphatic carbocycles. The molecule has 2 aromatic rings. The number of aryl methyl sites for hydroxylation is 1. The molecule has 6 nitrogen and oxygen atoms in total.